The summed E-state index contributed by atoms with van der Waals surface area (Å²) >= 11 is 0. The van der Waals surface area contributed by atoms with Gasteiger partial charge in [0, 0.05) is 59.4 Å². The molecule has 0 unspecified atom stereocenters. The van der Waals surface area contributed by atoms with Crippen LogP contribution in [0.1, 0.15) is 25.8 Å². The number of piperazine rings is 1. The number of benzene rings is 1. The maximum Gasteiger partial charge on any atom is 0.213 e. The van der Waals surface area contributed by atoms with Crippen LogP contribution in [0.3, 0.4) is 0 Å². The predicted octanol–water partition coefficient (Wildman–Crippen LogP) is 2.57. The Bertz CT molecular complexity index is 778. The molecule has 9 heteroatoms. The average molecular weight is 564 g/mol. The van der Waals surface area contributed by atoms with Gasteiger partial charge in [-0.15, -0.1) is 24.0 Å². The Morgan fingerprint density at radius 3 is 2.45 bits per heavy atom. The molecule has 1 aliphatic rings. The normalized spacial score (nSPS) is 16.0. The van der Waals surface area contributed by atoms with Gasteiger partial charge in [0.15, 0.2) is 5.96 Å². The molecule has 176 valence electrons. The topological polar surface area (TPSA) is 68.2 Å². The van der Waals surface area contributed by atoms with Gasteiger partial charge in [-0.1, -0.05) is 42.5 Å². The number of nitrogens with zero attached hydrogens (tertiary/aromatic N) is 4. The fraction of sp³-hybridized carbons (Fsp3) is 0.591. The second-order valence-electron chi connectivity index (χ2n) is 7.41. The van der Waals surface area contributed by atoms with Gasteiger partial charge >= 0.3 is 0 Å². The number of rotatable bonds is 10. The highest BCUT2D eigenvalue weighted by Gasteiger charge is 2.19. The highest BCUT2D eigenvalue weighted by molar-refractivity contribution is 14.0. The van der Waals surface area contributed by atoms with E-state index in [9.17, 15) is 8.42 Å². The minimum atomic E-state index is -3.11. The Morgan fingerprint density at radius 2 is 1.84 bits per heavy atom. The minimum absolute atomic E-state index is 0. The van der Waals surface area contributed by atoms with Crippen LogP contribution in [-0.4, -0.2) is 93.6 Å². The molecular formula is C22H38IN5O2S. The SMILES string of the molecule is CCNC(=NCCCN(C)S(=O)(=O)CC)N1CCN(C/C=C/c2ccccc2)CC1.I. The lowest BCUT2D eigenvalue weighted by atomic mass is 10.2. The van der Waals surface area contributed by atoms with Gasteiger partial charge in [-0.3, -0.25) is 9.89 Å². The van der Waals surface area contributed by atoms with Gasteiger partial charge in [0.2, 0.25) is 10.0 Å². The Labute approximate surface area is 205 Å². The zero-order valence-electron chi connectivity index (χ0n) is 19.0. The quantitative estimate of drug-likeness (QED) is 0.205. The van der Waals surface area contributed by atoms with Crippen molar-refractivity contribution in [3.8, 4) is 0 Å². The zero-order chi connectivity index (χ0) is 21.8. The van der Waals surface area contributed by atoms with Crippen LogP contribution in [-0.2, 0) is 10.0 Å². The van der Waals surface area contributed by atoms with Gasteiger partial charge in [0.05, 0.1) is 5.75 Å². The highest BCUT2D eigenvalue weighted by Crippen LogP contribution is 2.06. The molecule has 0 atom stereocenters. The summed E-state index contributed by atoms with van der Waals surface area (Å²) in [6.45, 7) is 10.5. The molecule has 1 saturated heterocycles. The van der Waals surface area contributed by atoms with Gasteiger partial charge in [0.25, 0.3) is 0 Å². The number of hydrogen-bond acceptors (Lipinski definition) is 4. The molecule has 0 amide bonds. The van der Waals surface area contributed by atoms with E-state index in [1.165, 1.54) is 9.87 Å². The van der Waals surface area contributed by atoms with Crippen molar-refractivity contribution in [3.05, 3.63) is 42.0 Å². The average Bonchev–Trinajstić information content (AvgIpc) is 2.77. The van der Waals surface area contributed by atoms with Crippen molar-refractivity contribution in [3.63, 3.8) is 0 Å². The van der Waals surface area contributed by atoms with E-state index in [-0.39, 0.29) is 29.7 Å². The molecule has 1 aromatic carbocycles. The predicted molar refractivity (Wildman–Crippen MR) is 142 cm³/mol. The summed E-state index contributed by atoms with van der Waals surface area (Å²) in [5.41, 5.74) is 1.23. The van der Waals surface area contributed by atoms with Crippen molar-refractivity contribution >= 4 is 46.0 Å². The molecule has 0 bridgehead atoms. The largest absolute Gasteiger partial charge is 0.357 e. The van der Waals surface area contributed by atoms with E-state index in [1.807, 2.05) is 6.07 Å². The number of halogens is 1. The van der Waals surface area contributed by atoms with E-state index in [1.54, 1.807) is 14.0 Å². The van der Waals surface area contributed by atoms with Gasteiger partial charge in [-0.2, -0.15) is 0 Å². The number of guanidine groups is 1. The van der Waals surface area contributed by atoms with Crippen LogP contribution in [0.15, 0.2) is 41.4 Å². The Morgan fingerprint density at radius 1 is 1.16 bits per heavy atom. The molecule has 1 heterocycles. The third kappa shape index (κ3) is 9.88. The molecule has 1 N–H and O–H groups in total. The molecule has 0 saturated carbocycles. The zero-order valence-corrected chi connectivity index (χ0v) is 22.2. The highest BCUT2D eigenvalue weighted by atomic mass is 127. The molecule has 0 spiro atoms. The van der Waals surface area contributed by atoms with Gasteiger partial charge in [-0.05, 0) is 25.8 Å². The summed E-state index contributed by atoms with van der Waals surface area (Å²) in [5.74, 6) is 1.07. The number of aliphatic imine (C=N–C) groups is 1. The molecule has 0 aliphatic carbocycles. The van der Waals surface area contributed by atoms with Crippen molar-refractivity contribution in [1.29, 1.82) is 0 Å². The lowest BCUT2D eigenvalue weighted by Crippen LogP contribution is -2.52. The fourth-order valence-electron chi connectivity index (χ4n) is 3.31. The maximum atomic E-state index is 11.8. The first-order valence-electron chi connectivity index (χ1n) is 10.9. The number of hydrogen-bond donors (Lipinski definition) is 1. The smallest absolute Gasteiger partial charge is 0.213 e. The van der Waals surface area contributed by atoms with Crippen LogP contribution in [0.5, 0.6) is 0 Å². The van der Waals surface area contributed by atoms with Gasteiger partial charge < -0.3 is 10.2 Å². The van der Waals surface area contributed by atoms with E-state index in [4.69, 9.17) is 4.99 Å². The summed E-state index contributed by atoms with van der Waals surface area (Å²) in [6, 6.07) is 10.4. The van der Waals surface area contributed by atoms with Crippen molar-refractivity contribution in [2.75, 3.05) is 65.2 Å². The van der Waals surface area contributed by atoms with E-state index in [0.717, 1.165) is 51.6 Å². The van der Waals surface area contributed by atoms with Crippen molar-refractivity contribution in [2.45, 2.75) is 20.3 Å². The third-order valence-electron chi connectivity index (χ3n) is 5.21. The first-order valence-corrected chi connectivity index (χ1v) is 12.5. The van der Waals surface area contributed by atoms with E-state index in [0.29, 0.717) is 13.1 Å². The van der Waals surface area contributed by atoms with Crippen LogP contribution in [0.25, 0.3) is 6.08 Å². The lowest BCUT2D eigenvalue weighted by Gasteiger charge is -2.36. The van der Waals surface area contributed by atoms with Crippen molar-refractivity contribution in [1.82, 2.24) is 19.4 Å². The van der Waals surface area contributed by atoms with E-state index in [2.05, 4.69) is 58.5 Å². The van der Waals surface area contributed by atoms with Crippen molar-refractivity contribution in [2.24, 2.45) is 4.99 Å². The first-order chi connectivity index (χ1) is 14.5. The van der Waals surface area contributed by atoms with Gasteiger partial charge in [-0.25, -0.2) is 12.7 Å². The second-order valence-corrected chi connectivity index (χ2v) is 9.78. The Hall–Kier alpha value is -1.17. The molecule has 2 rings (SSSR count). The lowest BCUT2D eigenvalue weighted by molar-refractivity contribution is 0.194. The molecule has 0 aromatic heterocycles. The minimum Gasteiger partial charge on any atom is -0.357 e. The monoisotopic (exact) mass is 563 g/mol. The first kappa shape index (κ1) is 27.9. The molecule has 31 heavy (non-hydrogen) atoms. The second kappa shape index (κ2) is 14.8. The van der Waals surface area contributed by atoms with E-state index < -0.39 is 10.0 Å². The number of sulfonamides is 1. The molecule has 0 radical (unpaired) electrons. The number of nitrogens with one attached hydrogen (secondary N) is 1. The van der Waals surface area contributed by atoms with E-state index >= 15 is 0 Å². The molecular weight excluding hydrogens is 525 g/mol. The van der Waals surface area contributed by atoms with Crippen LogP contribution in [0.4, 0.5) is 0 Å². The van der Waals surface area contributed by atoms with Crippen LogP contribution in [0.2, 0.25) is 0 Å². The molecule has 7 nitrogen and oxygen atoms in total. The Balaban J connectivity index is 0.00000480. The fourth-order valence-corrected chi connectivity index (χ4v) is 4.16. The molecule has 1 aromatic rings. The molecule has 1 fully saturated rings. The summed E-state index contributed by atoms with van der Waals surface area (Å²) in [6.07, 6.45) is 5.12. The van der Waals surface area contributed by atoms with Crippen LogP contribution >= 0.6 is 24.0 Å². The summed E-state index contributed by atoms with van der Waals surface area (Å²) in [4.78, 5) is 9.47. The van der Waals surface area contributed by atoms with Gasteiger partial charge in [0.1, 0.15) is 0 Å². The van der Waals surface area contributed by atoms with Crippen LogP contribution < -0.4 is 5.32 Å². The van der Waals surface area contributed by atoms with Crippen molar-refractivity contribution < 1.29 is 8.42 Å². The summed E-state index contributed by atoms with van der Waals surface area (Å²) in [5, 5.41) is 3.37. The maximum absolute atomic E-state index is 11.8. The third-order valence-corrected chi connectivity index (χ3v) is 7.07. The Kier molecular flexibility index (Phi) is 13.3. The molecule has 1 aliphatic heterocycles. The summed E-state index contributed by atoms with van der Waals surface area (Å²) < 4.78 is 25.1. The summed E-state index contributed by atoms with van der Waals surface area (Å²) in [7, 11) is -1.48. The van der Waals surface area contributed by atoms with Crippen LogP contribution in [0, 0.1) is 0 Å². The standard InChI is InChI=1S/C22H37N5O2S.HI/c1-4-23-22(24-14-10-15-25(3)30(28,29)5-2)27-19-17-26(18-20-27)16-9-13-21-11-7-6-8-12-21;/h6-9,11-13H,4-5,10,14-20H2,1-3H3,(H,23,24);1H/b13-9+;.